The molecule has 4 heteroatoms. The largest absolute Gasteiger partial charge is 0.512 e. The summed E-state index contributed by atoms with van der Waals surface area (Å²) in [4.78, 5) is 12.1. The molecule has 0 spiro atoms. The van der Waals surface area contributed by atoms with Gasteiger partial charge in [0.2, 0.25) is 0 Å². The predicted octanol–water partition coefficient (Wildman–Crippen LogP) is 3.67. The molecule has 0 saturated heterocycles. The minimum Gasteiger partial charge on any atom is -0.512 e. The van der Waals surface area contributed by atoms with Gasteiger partial charge in [-0.15, -0.1) is 0 Å². The molecule has 0 saturated carbocycles. The van der Waals surface area contributed by atoms with Crippen LogP contribution in [0.25, 0.3) is 0 Å². The van der Waals surface area contributed by atoms with Crippen LogP contribution in [0, 0.1) is 5.41 Å². The molecule has 0 rings (SSSR count). The second-order valence-corrected chi connectivity index (χ2v) is 11.3. The number of hydrogen-bond acceptors (Lipinski definition) is 3. The van der Waals surface area contributed by atoms with Gasteiger partial charge in [0.15, 0.2) is 14.1 Å². The minimum absolute atomic E-state index is 0.0924. The summed E-state index contributed by atoms with van der Waals surface area (Å²) in [5, 5.41) is 9.81. The summed E-state index contributed by atoms with van der Waals surface area (Å²) in [5.41, 5.74) is -1.28. The van der Waals surface area contributed by atoms with E-state index in [9.17, 15) is 9.90 Å². The van der Waals surface area contributed by atoms with Gasteiger partial charge in [0.05, 0.1) is 0 Å². The van der Waals surface area contributed by atoms with Crippen molar-refractivity contribution in [1.82, 2.24) is 0 Å². The van der Waals surface area contributed by atoms with Crippen LogP contribution in [0.15, 0.2) is 11.8 Å². The fourth-order valence-corrected chi connectivity index (χ4v) is 2.96. The van der Waals surface area contributed by atoms with E-state index in [1.807, 2.05) is 40.4 Å². The highest BCUT2D eigenvalue weighted by molar-refractivity contribution is 6.70. The lowest BCUT2D eigenvalue weighted by Gasteiger charge is -2.31. The highest BCUT2D eigenvalue weighted by atomic mass is 28.4. The van der Waals surface area contributed by atoms with Gasteiger partial charge < -0.3 is 9.53 Å². The summed E-state index contributed by atoms with van der Waals surface area (Å²) in [6, 6.07) is 0. The standard InChI is InChI=1S/C13H26O3Si/c1-12(2,3)10(14)9-11(15)13(4,5)16-17(6,7)8/h9,14H,1-8H3. The molecule has 3 nitrogen and oxygen atoms in total. The second-order valence-electron chi connectivity index (χ2n) is 6.87. The SMILES string of the molecule is CC(C)(C)C(O)=CC(=O)C(C)(C)O[Si](C)(C)C. The maximum Gasteiger partial charge on any atom is 0.189 e. The first-order valence-corrected chi connectivity index (χ1v) is 9.32. The second kappa shape index (κ2) is 4.94. The van der Waals surface area contributed by atoms with Crippen LogP contribution in [0.4, 0.5) is 0 Å². The van der Waals surface area contributed by atoms with E-state index in [1.54, 1.807) is 13.8 Å². The number of hydrogen-bond donors (Lipinski definition) is 1. The van der Waals surface area contributed by atoms with Crippen LogP contribution in [0.3, 0.4) is 0 Å². The van der Waals surface area contributed by atoms with E-state index >= 15 is 0 Å². The Morgan fingerprint density at radius 3 is 1.82 bits per heavy atom. The van der Waals surface area contributed by atoms with Crippen molar-refractivity contribution < 1.29 is 14.3 Å². The van der Waals surface area contributed by atoms with Gasteiger partial charge in [-0.2, -0.15) is 0 Å². The Morgan fingerprint density at radius 2 is 1.53 bits per heavy atom. The summed E-state index contributed by atoms with van der Waals surface area (Å²) in [6.45, 7) is 15.2. The molecule has 0 aromatic rings. The van der Waals surface area contributed by atoms with E-state index in [4.69, 9.17) is 4.43 Å². The van der Waals surface area contributed by atoms with E-state index in [-0.39, 0.29) is 11.5 Å². The Bertz CT molecular complexity index is 317. The number of ketones is 1. The van der Waals surface area contributed by atoms with Crippen molar-refractivity contribution in [3.8, 4) is 0 Å². The molecule has 0 aromatic carbocycles. The normalized spacial score (nSPS) is 14.9. The van der Waals surface area contributed by atoms with Crippen LogP contribution in [0.2, 0.25) is 19.6 Å². The molecule has 0 fully saturated rings. The fraction of sp³-hybridized carbons (Fsp3) is 0.769. The summed E-state index contributed by atoms with van der Waals surface area (Å²) in [7, 11) is -1.78. The molecule has 0 radical (unpaired) electrons. The molecule has 0 aliphatic heterocycles. The van der Waals surface area contributed by atoms with Crippen molar-refractivity contribution in [3.63, 3.8) is 0 Å². The Hall–Kier alpha value is -0.613. The van der Waals surface area contributed by atoms with Gasteiger partial charge >= 0.3 is 0 Å². The molecule has 1 N–H and O–H groups in total. The molecule has 17 heavy (non-hydrogen) atoms. The van der Waals surface area contributed by atoms with Crippen LogP contribution in [-0.4, -0.2) is 24.8 Å². The van der Waals surface area contributed by atoms with E-state index in [2.05, 4.69) is 0 Å². The average molecular weight is 258 g/mol. The maximum absolute atomic E-state index is 12.1. The Kier molecular flexibility index (Phi) is 4.76. The van der Waals surface area contributed by atoms with Gasteiger partial charge in [0, 0.05) is 11.5 Å². The van der Waals surface area contributed by atoms with Gasteiger partial charge in [-0.1, -0.05) is 20.8 Å². The molecule has 100 valence electrons. The Balaban J connectivity index is 4.95. The van der Waals surface area contributed by atoms with E-state index in [0.29, 0.717) is 0 Å². The van der Waals surface area contributed by atoms with E-state index in [1.165, 1.54) is 6.08 Å². The quantitative estimate of drug-likeness (QED) is 0.475. The van der Waals surface area contributed by atoms with Gasteiger partial charge in [-0.05, 0) is 33.5 Å². The van der Waals surface area contributed by atoms with Gasteiger partial charge in [-0.25, -0.2) is 0 Å². The van der Waals surface area contributed by atoms with Crippen LogP contribution < -0.4 is 0 Å². The smallest absolute Gasteiger partial charge is 0.189 e. The molecule has 0 bridgehead atoms. The van der Waals surface area contributed by atoms with Crippen molar-refractivity contribution in [3.05, 3.63) is 11.8 Å². The van der Waals surface area contributed by atoms with E-state index in [0.717, 1.165) is 0 Å². The number of carbonyl (C=O) groups excluding carboxylic acids is 1. The number of aliphatic hydroxyl groups is 1. The molecule has 0 aromatic heterocycles. The summed E-state index contributed by atoms with van der Waals surface area (Å²) < 4.78 is 5.83. The molecule has 0 atom stereocenters. The first-order chi connectivity index (χ1) is 7.26. The minimum atomic E-state index is -1.78. The summed E-state index contributed by atoms with van der Waals surface area (Å²) in [5.74, 6) is -0.0953. The van der Waals surface area contributed by atoms with Crippen LogP contribution in [0.5, 0.6) is 0 Å². The Morgan fingerprint density at radius 1 is 1.12 bits per heavy atom. The topological polar surface area (TPSA) is 46.5 Å². The number of rotatable bonds is 4. The predicted molar refractivity (Wildman–Crippen MR) is 73.7 cm³/mol. The van der Waals surface area contributed by atoms with Crippen molar-refractivity contribution >= 4 is 14.1 Å². The monoisotopic (exact) mass is 258 g/mol. The average Bonchev–Trinajstić information content (AvgIpc) is 1.96. The van der Waals surface area contributed by atoms with Crippen molar-refractivity contribution in [2.24, 2.45) is 5.41 Å². The third-order valence-corrected chi connectivity index (χ3v) is 3.31. The highest BCUT2D eigenvalue weighted by Crippen LogP contribution is 2.25. The Labute approximate surface area is 106 Å². The fourth-order valence-electron chi connectivity index (χ4n) is 1.33. The summed E-state index contributed by atoms with van der Waals surface area (Å²) in [6.07, 6.45) is 1.29. The third-order valence-electron chi connectivity index (χ3n) is 2.19. The summed E-state index contributed by atoms with van der Waals surface area (Å²) >= 11 is 0. The first-order valence-electron chi connectivity index (χ1n) is 5.91. The van der Waals surface area contributed by atoms with Crippen LogP contribution >= 0.6 is 0 Å². The molecule has 0 heterocycles. The van der Waals surface area contributed by atoms with Gasteiger partial charge in [-0.3, -0.25) is 4.79 Å². The lowest BCUT2D eigenvalue weighted by Crippen LogP contribution is -2.43. The highest BCUT2D eigenvalue weighted by Gasteiger charge is 2.33. The van der Waals surface area contributed by atoms with Crippen LogP contribution in [0.1, 0.15) is 34.6 Å². The van der Waals surface area contributed by atoms with Crippen molar-refractivity contribution in [2.45, 2.75) is 59.9 Å². The molecular weight excluding hydrogens is 232 g/mol. The van der Waals surface area contributed by atoms with Gasteiger partial charge in [0.25, 0.3) is 0 Å². The maximum atomic E-state index is 12.1. The van der Waals surface area contributed by atoms with Crippen molar-refractivity contribution in [1.29, 1.82) is 0 Å². The van der Waals surface area contributed by atoms with E-state index < -0.39 is 19.3 Å². The molecule has 0 aliphatic carbocycles. The zero-order valence-corrected chi connectivity index (χ0v) is 13.3. The third kappa shape index (κ3) is 6.03. The number of allylic oxidation sites excluding steroid dienone is 1. The van der Waals surface area contributed by atoms with Crippen molar-refractivity contribution in [2.75, 3.05) is 0 Å². The lowest BCUT2D eigenvalue weighted by molar-refractivity contribution is -0.127. The lowest BCUT2D eigenvalue weighted by atomic mass is 9.91. The number of aliphatic hydroxyl groups excluding tert-OH is 1. The van der Waals surface area contributed by atoms with Gasteiger partial charge in [0.1, 0.15) is 11.4 Å². The molecular formula is C13H26O3Si. The zero-order chi connectivity index (χ0) is 14.1. The number of carbonyl (C=O) groups is 1. The molecule has 0 unspecified atom stereocenters. The molecule has 0 amide bonds. The first kappa shape index (κ1) is 16.4. The molecule has 0 aliphatic rings. The zero-order valence-electron chi connectivity index (χ0n) is 12.3. The van der Waals surface area contributed by atoms with Crippen LogP contribution in [-0.2, 0) is 9.22 Å².